The molecule has 0 spiro atoms. The molecule has 0 N–H and O–H groups in total. The number of carbonyl (C=O) groups excluding carboxylic acids is 1. The summed E-state index contributed by atoms with van der Waals surface area (Å²) in [6.07, 6.45) is 3.53. The van der Waals surface area contributed by atoms with Crippen LogP contribution in [0.2, 0.25) is 0 Å². The van der Waals surface area contributed by atoms with Crippen LogP contribution in [-0.4, -0.2) is 25.4 Å². The third-order valence-corrected chi connectivity index (χ3v) is 2.09. The van der Waals surface area contributed by atoms with Crippen LogP contribution in [0.5, 0.6) is 0 Å². The third-order valence-electron chi connectivity index (χ3n) is 2.09. The summed E-state index contributed by atoms with van der Waals surface area (Å²) in [4.78, 5) is 19.0. The highest BCUT2D eigenvalue weighted by atomic mass is 16.1. The monoisotopic (exact) mass is 190 g/mol. The van der Waals surface area contributed by atoms with Crippen LogP contribution in [0.15, 0.2) is 12.5 Å². The Morgan fingerprint density at radius 2 is 2.29 bits per heavy atom. The molecule has 5 nitrogen and oxygen atoms in total. The molecule has 0 unspecified atom stereocenters. The fraction of sp³-hybridized carbons (Fsp3) is 0.333. The van der Waals surface area contributed by atoms with Crippen LogP contribution < -0.4 is 0 Å². The van der Waals surface area contributed by atoms with Gasteiger partial charge < -0.3 is 0 Å². The van der Waals surface area contributed by atoms with Crippen LogP contribution in [0.4, 0.5) is 0 Å². The molecule has 0 amide bonds. The highest BCUT2D eigenvalue weighted by Gasteiger charge is 2.07. The Kier molecular flexibility index (Phi) is 1.99. The number of hydrogen-bond donors (Lipinski definition) is 0. The summed E-state index contributed by atoms with van der Waals surface area (Å²) in [7, 11) is 0. The summed E-state index contributed by atoms with van der Waals surface area (Å²) in [5.74, 6) is 0.684. The van der Waals surface area contributed by atoms with Crippen LogP contribution in [-0.2, 0) is 11.2 Å². The number of aromatic nitrogens is 4. The van der Waals surface area contributed by atoms with Crippen LogP contribution in [0.1, 0.15) is 18.2 Å². The molecule has 0 fully saturated rings. The first-order valence-corrected chi connectivity index (χ1v) is 4.32. The van der Waals surface area contributed by atoms with E-state index in [2.05, 4.69) is 15.1 Å². The number of nitrogens with zero attached hydrogens (tertiary/aromatic N) is 4. The van der Waals surface area contributed by atoms with Crippen LogP contribution in [0.25, 0.3) is 5.78 Å². The van der Waals surface area contributed by atoms with E-state index < -0.39 is 0 Å². The summed E-state index contributed by atoms with van der Waals surface area (Å²) < 4.78 is 1.64. The summed E-state index contributed by atoms with van der Waals surface area (Å²) >= 11 is 0. The highest BCUT2D eigenvalue weighted by Crippen LogP contribution is 2.08. The van der Waals surface area contributed by atoms with Crippen LogP contribution in [0.3, 0.4) is 0 Å². The molecule has 2 aromatic rings. The normalized spacial score (nSPS) is 10.7. The maximum Gasteiger partial charge on any atom is 0.252 e. The van der Waals surface area contributed by atoms with Gasteiger partial charge in [-0.2, -0.15) is 10.1 Å². The van der Waals surface area contributed by atoms with Crippen molar-refractivity contribution in [3.63, 3.8) is 0 Å². The quantitative estimate of drug-likeness (QED) is 0.694. The highest BCUT2D eigenvalue weighted by molar-refractivity contribution is 5.78. The van der Waals surface area contributed by atoms with Crippen molar-refractivity contribution >= 4 is 11.6 Å². The van der Waals surface area contributed by atoms with Gasteiger partial charge in [0.05, 0.1) is 0 Å². The van der Waals surface area contributed by atoms with E-state index in [1.807, 2.05) is 6.92 Å². The number of hydrogen-bond acceptors (Lipinski definition) is 4. The van der Waals surface area contributed by atoms with Crippen molar-refractivity contribution in [1.29, 1.82) is 0 Å². The third kappa shape index (κ3) is 1.37. The zero-order valence-corrected chi connectivity index (χ0v) is 8.06. The molecule has 2 rings (SSSR count). The molecular formula is C9H10N4O. The van der Waals surface area contributed by atoms with E-state index in [-0.39, 0.29) is 5.78 Å². The van der Waals surface area contributed by atoms with Crippen molar-refractivity contribution < 1.29 is 4.79 Å². The molecular weight excluding hydrogens is 180 g/mol. The van der Waals surface area contributed by atoms with Gasteiger partial charge in [-0.3, -0.25) is 4.79 Å². The zero-order chi connectivity index (χ0) is 10.1. The Morgan fingerprint density at radius 1 is 1.50 bits per heavy atom. The Labute approximate surface area is 80.8 Å². The Morgan fingerprint density at radius 3 is 3.00 bits per heavy atom. The van der Waals surface area contributed by atoms with Gasteiger partial charge in [-0.05, 0) is 19.4 Å². The second kappa shape index (κ2) is 3.17. The summed E-state index contributed by atoms with van der Waals surface area (Å²) in [6.45, 7) is 3.46. The van der Waals surface area contributed by atoms with Gasteiger partial charge in [0, 0.05) is 18.3 Å². The van der Waals surface area contributed by atoms with E-state index in [4.69, 9.17) is 0 Å². The molecule has 0 saturated carbocycles. The Balaban J connectivity index is 2.56. The second-order valence-electron chi connectivity index (χ2n) is 3.22. The van der Waals surface area contributed by atoms with Crippen molar-refractivity contribution in [2.24, 2.45) is 0 Å². The van der Waals surface area contributed by atoms with Crippen molar-refractivity contribution in [2.75, 3.05) is 0 Å². The van der Waals surface area contributed by atoms with Crippen molar-refractivity contribution in [2.45, 2.75) is 20.3 Å². The minimum atomic E-state index is 0.120. The van der Waals surface area contributed by atoms with Gasteiger partial charge in [-0.15, -0.1) is 0 Å². The first-order chi connectivity index (χ1) is 6.68. The van der Waals surface area contributed by atoms with Gasteiger partial charge in [0.2, 0.25) is 0 Å². The van der Waals surface area contributed by atoms with Crippen LogP contribution >= 0.6 is 0 Å². The fourth-order valence-corrected chi connectivity index (χ4v) is 1.37. The first-order valence-electron chi connectivity index (χ1n) is 4.32. The van der Waals surface area contributed by atoms with Gasteiger partial charge in [0.1, 0.15) is 12.1 Å². The predicted molar refractivity (Wildman–Crippen MR) is 49.9 cm³/mol. The summed E-state index contributed by atoms with van der Waals surface area (Å²) in [6, 6.07) is 0. The fourth-order valence-electron chi connectivity index (χ4n) is 1.37. The molecule has 0 aliphatic rings. The van der Waals surface area contributed by atoms with Crippen molar-refractivity contribution in [3.8, 4) is 0 Å². The zero-order valence-electron chi connectivity index (χ0n) is 8.06. The minimum Gasteiger partial charge on any atom is -0.300 e. The number of Topliss-reactive ketones (excluding diaryl/α,β-unsaturated/α-hetero) is 1. The molecule has 0 radical (unpaired) electrons. The molecule has 0 aromatic carbocycles. The smallest absolute Gasteiger partial charge is 0.252 e. The molecule has 0 atom stereocenters. The first kappa shape index (κ1) is 8.80. The van der Waals surface area contributed by atoms with E-state index in [0.717, 1.165) is 11.3 Å². The molecule has 0 aliphatic heterocycles. The maximum absolute atomic E-state index is 11.0. The number of fused-ring (bicyclic) bond motifs is 1. The van der Waals surface area contributed by atoms with E-state index in [0.29, 0.717) is 12.2 Å². The Bertz CT molecular complexity index is 489. The second-order valence-corrected chi connectivity index (χ2v) is 3.22. The number of ketones is 1. The lowest BCUT2D eigenvalue weighted by molar-refractivity contribution is -0.116. The molecule has 0 saturated heterocycles. The average Bonchev–Trinajstić information content (AvgIpc) is 2.57. The minimum absolute atomic E-state index is 0.120. The number of rotatable bonds is 2. The molecule has 0 bridgehead atoms. The summed E-state index contributed by atoms with van der Waals surface area (Å²) in [5, 5.41) is 4.02. The van der Waals surface area contributed by atoms with Crippen molar-refractivity contribution in [1.82, 2.24) is 19.6 Å². The average molecular weight is 190 g/mol. The lowest BCUT2D eigenvalue weighted by Crippen LogP contribution is -2.05. The van der Waals surface area contributed by atoms with Gasteiger partial charge in [-0.25, -0.2) is 9.50 Å². The lowest BCUT2D eigenvalue weighted by Gasteiger charge is -2.03. The standard InChI is InChI=1S/C9H10N4O/c1-6(14)3-8-4-10-9-11-5-12-13(9)7(8)2/h4-5H,3H2,1-2H3. The maximum atomic E-state index is 11.0. The van der Waals surface area contributed by atoms with Gasteiger partial charge in [0.25, 0.3) is 5.78 Å². The van der Waals surface area contributed by atoms with E-state index >= 15 is 0 Å². The number of aryl methyl sites for hydroxylation is 1. The molecule has 2 aromatic heterocycles. The molecule has 72 valence electrons. The van der Waals surface area contributed by atoms with Crippen molar-refractivity contribution in [3.05, 3.63) is 23.8 Å². The SMILES string of the molecule is CC(=O)Cc1cnc2ncnn2c1C. The molecule has 0 aliphatic carbocycles. The van der Waals surface area contributed by atoms with E-state index in [1.165, 1.54) is 6.33 Å². The van der Waals surface area contributed by atoms with Gasteiger partial charge in [-0.1, -0.05) is 0 Å². The summed E-state index contributed by atoms with van der Waals surface area (Å²) in [5.41, 5.74) is 1.82. The predicted octanol–water partition coefficient (Wildman–Crippen LogP) is 0.564. The topological polar surface area (TPSA) is 60.2 Å². The van der Waals surface area contributed by atoms with Gasteiger partial charge in [0.15, 0.2) is 0 Å². The molecule has 5 heteroatoms. The number of carbonyl (C=O) groups is 1. The largest absolute Gasteiger partial charge is 0.300 e. The Hall–Kier alpha value is -1.78. The van der Waals surface area contributed by atoms with Crippen LogP contribution in [0, 0.1) is 6.92 Å². The molecule has 14 heavy (non-hydrogen) atoms. The van der Waals surface area contributed by atoms with E-state index in [1.54, 1.807) is 17.6 Å². The van der Waals surface area contributed by atoms with E-state index in [9.17, 15) is 4.79 Å². The lowest BCUT2D eigenvalue weighted by atomic mass is 10.1. The molecule has 2 heterocycles. The van der Waals surface area contributed by atoms with Gasteiger partial charge >= 0.3 is 0 Å².